The zero-order chi connectivity index (χ0) is 23.5. The lowest BCUT2D eigenvalue weighted by Crippen LogP contribution is -2.39. The number of rotatable bonds is 5. The second-order valence-electron chi connectivity index (χ2n) is 7.25. The third-order valence-corrected chi connectivity index (χ3v) is 5.94. The highest BCUT2D eigenvalue weighted by molar-refractivity contribution is 7.07. The van der Waals surface area contributed by atoms with Gasteiger partial charge in [0.05, 0.1) is 28.5 Å². The minimum atomic E-state index is -0.734. The van der Waals surface area contributed by atoms with Gasteiger partial charge in [-0.3, -0.25) is 19.1 Å². The first-order valence-corrected chi connectivity index (χ1v) is 11.1. The van der Waals surface area contributed by atoms with Crippen LogP contribution in [0.25, 0.3) is 6.08 Å². The number of esters is 2. The van der Waals surface area contributed by atoms with E-state index in [9.17, 15) is 14.4 Å². The van der Waals surface area contributed by atoms with E-state index in [-0.39, 0.29) is 17.7 Å². The van der Waals surface area contributed by atoms with Gasteiger partial charge in [0, 0.05) is 19.3 Å². The molecule has 0 amide bonds. The summed E-state index contributed by atoms with van der Waals surface area (Å²) in [5, 5.41) is 0. The van der Waals surface area contributed by atoms with Crippen LogP contribution in [-0.2, 0) is 14.3 Å². The summed E-state index contributed by atoms with van der Waals surface area (Å²) >= 11 is 1.24. The zero-order valence-electron chi connectivity index (χ0n) is 18.3. The van der Waals surface area contributed by atoms with Gasteiger partial charge in [-0.15, -0.1) is 0 Å². The van der Waals surface area contributed by atoms with Crippen LogP contribution in [0.15, 0.2) is 69.8 Å². The molecular weight excluding hydrogens is 442 g/mol. The van der Waals surface area contributed by atoms with E-state index in [4.69, 9.17) is 9.47 Å². The Balaban J connectivity index is 1.90. The summed E-state index contributed by atoms with van der Waals surface area (Å²) in [7, 11) is 0. The van der Waals surface area contributed by atoms with Gasteiger partial charge in [-0.2, -0.15) is 0 Å². The SMILES string of the molecule is CCOC(=O)C1=C(C)N=c2sc(=Cc3cccnc3)c(=O)n2C1c1ccc(OC(C)=O)cc1. The molecule has 0 saturated carbocycles. The van der Waals surface area contributed by atoms with Crippen LogP contribution in [0.3, 0.4) is 0 Å². The van der Waals surface area contributed by atoms with Crippen molar-refractivity contribution in [2.75, 3.05) is 6.61 Å². The van der Waals surface area contributed by atoms with E-state index in [0.717, 1.165) is 5.56 Å². The lowest BCUT2D eigenvalue weighted by Gasteiger charge is -2.24. The van der Waals surface area contributed by atoms with Crippen molar-refractivity contribution in [3.8, 4) is 5.75 Å². The van der Waals surface area contributed by atoms with Crippen LogP contribution in [-0.4, -0.2) is 28.1 Å². The van der Waals surface area contributed by atoms with Crippen LogP contribution in [0.5, 0.6) is 5.75 Å². The number of hydrogen-bond donors (Lipinski definition) is 0. The van der Waals surface area contributed by atoms with E-state index in [1.54, 1.807) is 62.6 Å². The molecule has 0 aliphatic carbocycles. The molecule has 0 radical (unpaired) electrons. The van der Waals surface area contributed by atoms with Crippen molar-refractivity contribution in [2.45, 2.75) is 26.8 Å². The lowest BCUT2D eigenvalue weighted by atomic mass is 9.96. The molecular formula is C24H21N3O5S. The van der Waals surface area contributed by atoms with Crippen molar-refractivity contribution < 1.29 is 19.1 Å². The predicted molar refractivity (Wildman–Crippen MR) is 122 cm³/mol. The summed E-state index contributed by atoms with van der Waals surface area (Å²) in [4.78, 5) is 46.7. The molecule has 0 bridgehead atoms. The molecule has 3 heterocycles. The summed E-state index contributed by atoms with van der Waals surface area (Å²) in [6.45, 7) is 4.96. The van der Waals surface area contributed by atoms with Crippen molar-refractivity contribution >= 4 is 29.4 Å². The molecule has 0 fully saturated rings. The van der Waals surface area contributed by atoms with Crippen LogP contribution < -0.4 is 19.6 Å². The number of nitrogens with zero attached hydrogens (tertiary/aromatic N) is 3. The van der Waals surface area contributed by atoms with E-state index in [1.165, 1.54) is 22.8 Å². The van der Waals surface area contributed by atoms with Crippen molar-refractivity contribution in [1.82, 2.24) is 9.55 Å². The highest BCUT2D eigenvalue weighted by Gasteiger charge is 2.33. The molecule has 168 valence electrons. The monoisotopic (exact) mass is 463 g/mol. The Bertz CT molecular complexity index is 1420. The molecule has 33 heavy (non-hydrogen) atoms. The number of carbonyl (C=O) groups is 2. The Morgan fingerprint density at radius 2 is 1.97 bits per heavy atom. The van der Waals surface area contributed by atoms with Gasteiger partial charge in [0.1, 0.15) is 5.75 Å². The second kappa shape index (κ2) is 9.33. The minimum absolute atomic E-state index is 0.194. The number of pyridine rings is 1. The maximum Gasteiger partial charge on any atom is 0.338 e. The average Bonchev–Trinajstić information content (AvgIpc) is 3.08. The van der Waals surface area contributed by atoms with E-state index in [2.05, 4.69) is 9.98 Å². The highest BCUT2D eigenvalue weighted by atomic mass is 32.1. The molecule has 2 aromatic heterocycles. The molecule has 0 spiro atoms. The molecule has 1 aromatic carbocycles. The van der Waals surface area contributed by atoms with Crippen LogP contribution in [0.1, 0.15) is 37.9 Å². The quantitative estimate of drug-likeness (QED) is 0.425. The third-order valence-electron chi connectivity index (χ3n) is 4.96. The Morgan fingerprint density at radius 3 is 2.61 bits per heavy atom. The maximum atomic E-state index is 13.5. The summed E-state index contributed by atoms with van der Waals surface area (Å²) in [5.41, 5.74) is 1.95. The molecule has 3 aromatic rings. The Hall–Kier alpha value is -3.85. The summed E-state index contributed by atoms with van der Waals surface area (Å²) < 4.78 is 12.4. The van der Waals surface area contributed by atoms with Gasteiger partial charge >= 0.3 is 11.9 Å². The second-order valence-corrected chi connectivity index (χ2v) is 8.26. The molecule has 0 saturated heterocycles. The van der Waals surface area contributed by atoms with Gasteiger partial charge < -0.3 is 9.47 Å². The number of hydrogen-bond acceptors (Lipinski definition) is 8. The standard InChI is InChI=1S/C24H21N3O5S/c1-4-31-23(30)20-14(2)26-24-27(21(20)17-7-9-18(10-8-17)32-15(3)28)22(29)19(33-24)12-16-6-5-11-25-13-16/h5-13,21H,4H2,1-3H3. The van der Waals surface area contributed by atoms with E-state index >= 15 is 0 Å². The molecule has 1 unspecified atom stereocenters. The number of allylic oxidation sites excluding steroid dienone is 1. The molecule has 1 atom stereocenters. The van der Waals surface area contributed by atoms with Gasteiger partial charge in [-0.1, -0.05) is 29.5 Å². The predicted octanol–water partition coefficient (Wildman–Crippen LogP) is 2.12. The summed E-state index contributed by atoms with van der Waals surface area (Å²) in [6.07, 6.45) is 5.08. The van der Waals surface area contributed by atoms with Crippen LogP contribution in [0.2, 0.25) is 0 Å². The van der Waals surface area contributed by atoms with Crippen molar-refractivity contribution in [1.29, 1.82) is 0 Å². The number of carbonyl (C=O) groups excluding carboxylic acids is 2. The van der Waals surface area contributed by atoms with Crippen LogP contribution in [0.4, 0.5) is 0 Å². The highest BCUT2D eigenvalue weighted by Crippen LogP contribution is 2.31. The summed E-state index contributed by atoms with van der Waals surface area (Å²) in [6, 6.07) is 9.60. The molecule has 1 aliphatic heterocycles. The molecule has 8 nitrogen and oxygen atoms in total. The number of ether oxygens (including phenoxy) is 2. The number of fused-ring (bicyclic) bond motifs is 1. The van der Waals surface area contributed by atoms with Gasteiger partial charge in [0.15, 0.2) is 4.80 Å². The largest absolute Gasteiger partial charge is 0.463 e. The topological polar surface area (TPSA) is 99.9 Å². The van der Waals surface area contributed by atoms with Gasteiger partial charge in [-0.25, -0.2) is 9.79 Å². The van der Waals surface area contributed by atoms with E-state index in [0.29, 0.717) is 26.3 Å². The van der Waals surface area contributed by atoms with Gasteiger partial charge in [-0.05, 0) is 49.2 Å². The Kier molecular flexibility index (Phi) is 6.32. The first-order chi connectivity index (χ1) is 15.9. The minimum Gasteiger partial charge on any atom is -0.463 e. The number of thiazole rings is 1. The van der Waals surface area contributed by atoms with E-state index in [1.807, 2.05) is 6.07 Å². The molecule has 4 rings (SSSR count). The fourth-order valence-corrected chi connectivity index (χ4v) is 4.65. The van der Waals surface area contributed by atoms with Crippen molar-refractivity contribution in [3.63, 3.8) is 0 Å². The smallest absolute Gasteiger partial charge is 0.338 e. The number of benzene rings is 1. The fourth-order valence-electron chi connectivity index (χ4n) is 3.60. The number of aromatic nitrogens is 2. The van der Waals surface area contributed by atoms with Crippen molar-refractivity contribution in [3.05, 3.63) is 90.9 Å². The normalized spacial score (nSPS) is 15.6. The van der Waals surface area contributed by atoms with Crippen LogP contribution >= 0.6 is 11.3 Å². The Labute approximate surface area is 193 Å². The molecule has 9 heteroatoms. The zero-order valence-corrected chi connectivity index (χ0v) is 19.1. The first kappa shape index (κ1) is 22.3. The molecule has 1 aliphatic rings. The fraction of sp³-hybridized carbons (Fsp3) is 0.208. The maximum absolute atomic E-state index is 13.5. The van der Waals surface area contributed by atoms with E-state index < -0.39 is 18.0 Å². The van der Waals surface area contributed by atoms with Gasteiger partial charge in [0.2, 0.25) is 0 Å². The molecule has 0 N–H and O–H groups in total. The van der Waals surface area contributed by atoms with Crippen molar-refractivity contribution in [2.24, 2.45) is 4.99 Å². The first-order valence-electron chi connectivity index (χ1n) is 10.3. The Morgan fingerprint density at radius 1 is 1.21 bits per heavy atom. The lowest BCUT2D eigenvalue weighted by molar-refractivity contribution is -0.139. The third kappa shape index (κ3) is 4.54. The van der Waals surface area contributed by atoms with Crippen LogP contribution in [0, 0.1) is 0 Å². The van der Waals surface area contributed by atoms with Gasteiger partial charge in [0.25, 0.3) is 5.56 Å². The average molecular weight is 464 g/mol. The summed E-state index contributed by atoms with van der Waals surface area (Å²) in [5.74, 6) is -0.600.